The van der Waals surface area contributed by atoms with E-state index in [1.54, 1.807) is 0 Å². The Hall–Kier alpha value is -7.16. The Morgan fingerprint density at radius 1 is 0.521 bits per heavy atom. The van der Waals surface area contributed by atoms with Crippen LogP contribution >= 0.6 is 0 Å². The first-order valence-corrected chi connectivity index (χ1v) is 20.8. The second-order valence-electron chi connectivity index (χ2n) is 15.9. The molecule has 29 heteroatoms. The van der Waals surface area contributed by atoms with E-state index in [1.165, 1.54) is 0 Å². The molecular formula is C42H48N3O26-. The summed E-state index contributed by atoms with van der Waals surface area (Å²) in [6, 6.07) is -0.506. The minimum Gasteiger partial charge on any atom is -0.548 e. The second kappa shape index (κ2) is 23.2. The number of phenols is 6. The summed E-state index contributed by atoms with van der Waals surface area (Å²) in [5.74, 6) is -16.0. The summed E-state index contributed by atoms with van der Waals surface area (Å²) < 4.78 is 20.9. The summed E-state index contributed by atoms with van der Waals surface area (Å²) in [5.41, 5.74) is -3.18. The number of carbonyl (C=O) groups excluding carboxylic acids is 6. The number of aliphatic hydroxyl groups excluding tert-OH is 9. The van der Waals surface area contributed by atoms with Crippen LogP contribution in [0.1, 0.15) is 54.4 Å². The van der Waals surface area contributed by atoms with Crippen molar-refractivity contribution in [3.8, 4) is 34.5 Å². The number of carboxylic acid groups (broad SMARTS) is 1. The maximum absolute atomic E-state index is 13.7. The molecule has 2 fully saturated rings. The van der Waals surface area contributed by atoms with Crippen molar-refractivity contribution >= 4 is 35.6 Å². The Kier molecular flexibility index (Phi) is 17.9. The maximum Gasteiger partial charge on any atom is 0.332 e. The van der Waals surface area contributed by atoms with Gasteiger partial charge in [-0.1, -0.05) is 6.07 Å². The molecule has 0 saturated carbocycles. The zero-order valence-corrected chi connectivity index (χ0v) is 36.3. The lowest BCUT2D eigenvalue weighted by Crippen LogP contribution is -2.55. The second-order valence-corrected chi connectivity index (χ2v) is 15.9. The number of carbonyl (C=O) groups is 6. The number of carboxylic acids is 1. The van der Waals surface area contributed by atoms with Gasteiger partial charge in [-0.05, 0) is 47.5 Å². The highest BCUT2D eigenvalue weighted by Crippen LogP contribution is 2.40. The minimum absolute atomic E-state index is 0.356. The summed E-state index contributed by atoms with van der Waals surface area (Å²) in [6.45, 7) is -5.75. The van der Waals surface area contributed by atoms with E-state index in [0.29, 0.717) is 0 Å². The minimum atomic E-state index is -2.39. The third-order valence-corrected chi connectivity index (χ3v) is 11.2. The first-order valence-electron chi connectivity index (χ1n) is 20.8. The highest BCUT2D eigenvalue weighted by Gasteiger charge is 2.46. The lowest BCUT2D eigenvalue weighted by atomic mass is 9.90. The quantitative estimate of drug-likeness (QED) is 0.0416. The van der Waals surface area contributed by atoms with Crippen LogP contribution < -0.4 is 21.1 Å². The fraction of sp³-hybridized carbons (Fsp3) is 0.429. The van der Waals surface area contributed by atoms with Crippen molar-refractivity contribution in [1.82, 2.24) is 16.0 Å². The van der Waals surface area contributed by atoms with E-state index in [9.17, 15) is 110 Å². The van der Waals surface area contributed by atoms with E-state index in [-0.39, 0.29) is 11.1 Å². The van der Waals surface area contributed by atoms with E-state index < -0.39 is 199 Å². The van der Waals surface area contributed by atoms with Crippen LogP contribution in [0.25, 0.3) is 0 Å². The van der Waals surface area contributed by atoms with Crippen molar-refractivity contribution < 1.29 is 129 Å². The van der Waals surface area contributed by atoms with Crippen LogP contribution in [0.3, 0.4) is 0 Å². The van der Waals surface area contributed by atoms with Gasteiger partial charge >= 0.3 is 11.9 Å². The number of aliphatic hydroxyl groups is 9. The number of esters is 2. The standard InChI is InChI=1S/C42H49N3O26/c46-8-18(43-37(61)15-2-1-3-21(49)26(15)52)41(66)69-12-20(45-39(63)17-5-14(7-23(51)28(17)54)36-34(60)32(58)30(56)25(10-48)71-36)42(67)68-11-19(40(64)65)44-38(62)16-4-13(6-22(50)27(16)53)35-33(59)31(57)29(55)24(9-47)70-35/h1-7,18-20,24-25,29-36,46-60H,8-12H2,(H,43,61)(H,44,62)(H,45,63)(H,64,65)/p-1/t18-,19-,20-,24+,25+,29+,30+,31-,32-,33+,34+,35-,36-/m0/s1. The number of hydrogen-bond donors (Lipinski definition) is 18. The molecule has 0 aliphatic carbocycles. The number of rotatable bonds is 18. The predicted molar refractivity (Wildman–Crippen MR) is 223 cm³/mol. The molecule has 388 valence electrons. The average molecular weight is 1010 g/mol. The number of amides is 3. The van der Waals surface area contributed by atoms with Crippen LogP contribution in [-0.2, 0) is 33.3 Å². The molecule has 0 bridgehead atoms. The molecule has 2 aliphatic rings. The largest absolute Gasteiger partial charge is 0.548 e. The van der Waals surface area contributed by atoms with Gasteiger partial charge < -0.3 is 121 Å². The summed E-state index contributed by atoms with van der Waals surface area (Å²) >= 11 is 0. The average Bonchev–Trinajstić information content (AvgIpc) is 3.33. The van der Waals surface area contributed by atoms with Gasteiger partial charge in [-0.3, -0.25) is 14.4 Å². The Morgan fingerprint density at radius 2 is 0.915 bits per heavy atom. The number of para-hydroxylation sites is 1. The molecular weight excluding hydrogens is 962 g/mol. The van der Waals surface area contributed by atoms with Crippen LogP contribution in [0.5, 0.6) is 34.5 Å². The van der Waals surface area contributed by atoms with E-state index in [2.05, 4.69) is 0 Å². The van der Waals surface area contributed by atoms with Crippen molar-refractivity contribution in [3.05, 3.63) is 70.3 Å². The fourth-order valence-corrected chi connectivity index (χ4v) is 7.18. The van der Waals surface area contributed by atoms with Gasteiger partial charge in [0.15, 0.2) is 46.6 Å². The van der Waals surface area contributed by atoms with E-state index >= 15 is 0 Å². The maximum atomic E-state index is 13.7. The van der Waals surface area contributed by atoms with Crippen molar-refractivity contribution in [1.29, 1.82) is 0 Å². The normalized spacial score (nSPS) is 25.4. The van der Waals surface area contributed by atoms with Crippen molar-refractivity contribution in [3.63, 3.8) is 0 Å². The van der Waals surface area contributed by atoms with Crippen LogP contribution in [-0.4, -0.2) is 212 Å². The Labute approximate surface area is 397 Å². The summed E-state index contributed by atoms with van der Waals surface area (Å²) in [4.78, 5) is 78.9. The molecule has 0 unspecified atom stereocenters. The van der Waals surface area contributed by atoms with Crippen LogP contribution in [0, 0.1) is 0 Å². The summed E-state index contributed by atoms with van der Waals surface area (Å²) in [6.07, 6.45) is -17.8. The number of aromatic hydroxyl groups is 6. The molecule has 0 radical (unpaired) electrons. The lowest BCUT2D eigenvalue weighted by Gasteiger charge is -2.40. The molecule has 2 aliphatic heterocycles. The number of ether oxygens (including phenoxy) is 4. The molecule has 13 atom stereocenters. The molecule has 3 aromatic rings. The van der Waals surface area contributed by atoms with E-state index in [1.807, 2.05) is 16.0 Å². The monoisotopic (exact) mass is 1010 g/mol. The van der Waals surface area contributed by atoms with Crippen molar-refractivity contribution in [2.45, 2.75) is 79.2 Å². The number of aliphatic carboxylic acids is 1. The van der Waals surface area contributed by atoms with Crippen LogP contribution in [0.15, 0.2) is 42.5 Å². The van der Waals surface area contributed by atoms with Gasteiger partial charge in [-0.15, -0.1) is 0 Å². The molecule has 3 amide bonds. The zero-order chi connectivity index (χ0) is 52.8. The van der Waals surface area contributed by atoms with Crippen LogP contribution in [0.2, 0.25) is 0 Å². The van der Waals surface area contributed by atoms with Gasteiger partial charge in [0.2, 0.25) is 0 Å². The van der Waals surface area contributed by atoms with E-state index in [0.717, 1.165) is 42.5 Å². The van der Waals surface area contributed by atoms with Gasteiger partial charge in [-0.25, -0.2) is 9.59 Å². The number of nitrogens with one attached hydrogen (secondary N) is 3. The Balaban J connectivity index is 1.39. The summed E-state index contributed by atoms with van der Waals surface area (Å²) in [5, 5.41) is 171. The molecule has 29 nitrogen and oxygen atoms in total. The SMILES string of the molecule is O=C(N[C@@H](COC(=O)[C@H](COC(=O)[C@H](CO)NC(=O)c1cccc(O)c1O)NC(=O)c1cc([C@@H]2O[C@H](CO)[C@@H](O)[C@H](O)[C@H]2O)cc(O)c1O)C(=O)[O-])c1cc([C@@H]2O[C@H](CO)[C@@H](O)[C@H](O)[C@H]2O)cc(O)c1O. The number of benzene rings is 3. The van der Waals surface area contributed by atoms with Crippen LogP contribution in [0.4, 0.5) is 0 Å². The highest BCUT2D eigenvalue weighted by atomic mass is 16.6. The topological polar surface area (TPSA) is 502 Å². The molecule has 3 aromatic carbocycles. The van der Waals surface area contributed by atoms with E-state index in [4.69, 9.17) is 18.9 Å². The molecule has 0 aromatic heterocycles. The molecule has 5 rings (SSSR count). The zero-order valence-electron chi connectivity index (χ0n) is 36.3. The molecule has 71 heavy (non-hydrogen) atoms. The van der Waals surface area contributed by atoms with Gasteiger partial charge in [0.25, 0.3) is 17.7 Å². The lowest BCUT2D eigenvalue weighted by molar-refractivity contribution is -0.308. The van der Waals surface area contributed by atoms with Crippen molar-refractivity contribution in [2.75, 3.05) is 33.0 Å². The first-order chi connectivity index (χ1) is 33.4. The van der Waals surface area contributed by atoms with Gasteiger partial charge in [-0.2, -0.15) is 0 Å². The molecule has 0 spiro atoms. The first kappa shape index (κ1) is 54.8. The third-order valence-electron chi connectivity index (χ3n) is 11.2. The summed E-state index contributed by atoms with van der Waals surface area (Å²) in [7, 11) is 0. The van der Waals surface area contributed by atoms with Gasteiger partial charge in [0.1, 0.15) is 80.3 Å². The van der Waals surface area contributed by atoms with Gasteiger partial charge in [0.05, 0.1) is 42.5 Å². The molecule has 2 heterocycles. The van der Waals surface area contributed by atoms with Gasteiger partial charge in [0, 0.05) is 0 Å². The number of hydrogen-bond acceptors (Lipinski definition) is 26. The highest BCUT2D eigenvalue weighted by molar-refractivity contribution is 6.01. The Morgan fingerprint density at radius 3 is 1.35 bits per heavy atom. The molecule has 2 saturated heterocycles. The predicted octanol–water partition coefficient (Wildman–Crippen LogP) is -7.53. The molecule has 18 N–H and O–H groups in total. The number of phenolic OH excluding ortho intramolecular Hbond substituents is 6. The smallest absolute Gasteiger partial charge is 0.332 e. The Bertz CT molecular complexity index is 2470. The van der Waals surface area contributed by atoms with Crippen molar-refractivity contribution in [2.24, 2.45) is 0 Å². The third kappa shape index (κ3) is 12.1. The fourth-order valence-electron chi connectivity index (χ4n) is 7.18.